The van der Waals surface area contributed by atoms with Crippen LogP contribution in [-0.4, -0.2) is 25.1 Å². The molecule has 4 nitrogen and oxygen atoms in total. The molecule has 0 aliphatic carbocycles. The maximum absolute atomic E-state index is 5.62. The largest absolute Gasteiger partial charge is 0.491 e. The van der Waals surface area contributed by atoms with E-state index in [0.717, 1.165) is 11.4 Å². The minimum atomic E-state index is -0.491. The van der Waals surface area contributed by atoms with Gasteiger partial charge in [-0.15, -0.1) is 0 Å². The second kappa shape index (κ2) is 4.31. The van der Waals surface area contributed by atoms with Gasteiger partial charge in [0.05, 0.1) is 6.61 Å². The topological polar surface area (TPSA) is 53.7 Å². The molecule has 1 aliphatic heterocycles. The van der Waals surface area contributed by atoms with E-state index in [1.807, 2.05) is 38.1 Å². The molecule has 0 radical (unpaired) electrons. The number of hydrogen-bond acceptors (Lipinski definition) is 4. The Bertz CT molecular complexity index is 348. The van der Waals surface area contributed by atoms with Crippen LogP contribution in [0.2, 0.25) is 0 Å². The summed E-state index contributed by atoms with van der Waals surface area (Å²) in [5.41, 5.74) is 6.31. The summed E-state index contributed by atoms with van der Waals surface area (Å²) >= 11 is 0. The van der Waals surface area contributed by atoms with Crippen LogP contribution in [0.4, 0.5) is 5.69 Å². The monoisotopic (exact) mass is 223 g/mol. The van der Waals surface area contributed by atoms with Crippen LogP contribution < -0.4 is 10.5 Å². The molecule has 0 saturated carbocycles. The zero-order valence-corrected chi connectivity index (χ0v) is 9.60. The van der Waals surface area contributed by atoms with E-state index in [-0.39, 0.29) is 6.10 Å². The Hall–Kier alpha value is -1.26. The van der Waals surface area contributed by atoms with Crippen LogP contribution in [0.1, 0.15) is 13.8 Å². The molecule has 2 rings (SSSR count). The summed E-state index contributed by atoms with van der Waals surface area (Å²) in [6, 6.07) is 7.31. The summed E-state index contributed by atoms with van der Waals surface area (Å²) in [6.45, 7) is 4.86. The van der Waals surface area contributed by atoms with Crippen molar-refractivity contribution in [3.8, 4) is 5.75 Å². The lowest BCUT2D eigenvalue weighted by molar-refractivity contribution is -0.141. The van der Waals surface area contributed by atoms with Crippen LogP contribution in [0.3, 0.4) is 0 Å². The first-order chi connectivity index (χ1) is 7.55. The maximum atomic E-state index is 5.62. The highest BCUT2D eigenvalue weighted by atomic mass is 16.7. The van der Waals surface area contributed by atoms with E-state index < -0.39 is 5.79 Å². The van der Waals surface area contributed by atoms with Crippen molar-refractivity contribution in [3.63, 3.8) is 0 Å². The summed E-state index contributed by atoms with van der Waals surface area (Å²) in [5.74, 6) is 0.303. The fourth-order valence-corrected chi connectivity index (χ4v) is 1.60. The molecule has 1 aromatic carbocycles. The molecule has 0 spiro atoms. The molecule has 1 fully saturated rings. The normalized spacial score (nSPS) is 23.2. The molecule has 2 N–H and O–H groups in total. The average molecular weight is 223 g/mol. The van der Waals surface area contributed by atoms with Gasteiger partial charge in [-0.2, -0.15) is 0 Å². The lowest BCUT2D eigenvalue weighted by atomic mass is 10.3. The number of nitrogens with two attached hydrogens (primary N) is 1. The van der Waals surface area contributed by atoms with Crippen molar-refractivity contribution in [2.75, 3.05) is 18.9 Å². The van der Waals surface area contributed by atoms with E-state index in [0.29, 0.717) is 13.2 Å². The first-order valence-corrected chi connectivity index (χ1v) is 5.35. The van der Waals surface area contributed by atoms with E-state index in [4.69, 9.17) is 19.9 Å². The second-order valence-electron chi connectivity index (χ2n) is 4.33. The van der Waals surface area contributed by atoms with Crippen LogP contribution in [0.5, 0.6) is 5.75 Å². The lowest BCUT2D eigenvalue weighted by Crippen LogP contribution is -2.25. The first kappa shape index (κ1) is 11.2. The molecule has 88 valence electrons. The third-order valence-corrected chi connectivity index (χ3v) is 2.38. The van der Waals surface area contributed by atoms with Gasteiger partial charge in [-0.1, -0.05) is 0 Å². The van der Waals surface area contributed by atoms with Gasteiger partial charge in [-0.3, -0.25) is 0 Å². The van der Waals surface area contributed by atoms with Crippen molar-refractivity contribution in [2.45, 2.75) is 25.7 Å². The fourth-order valence-electron chi connectivity index (χ4n) is 1.60. The van der Waals surface area contributed by atoms with Crippen LogP contribution >= 0.6 is 0 Å². The van der Waals surface area contributed by atoms with E-state index in [1.165, 1.54) is 0 Å². The Morgan fingerprint density at radius 2 is 2.06 bits per heavy atom. The van der Waals surface area contributed by atoms with Crippen LogP contribution in [0.15, 0.2) is 24.3 Å². The fraction of sp³-hybridized carbons (Fsp3) is 0.500. The van der Waals surface area contributed by atoms with Crippen molar-refractivity contribution < 1.29 is 14.2 Å². The summed E-state index contributed by atoms with van der Waals surface area (Å²) < 4.78 is 16.6. The van der Waals surface area contributed by atoms with Crippen LogP contribution in [0.25, 0.3) is 0 Å². The molecule has 1 atom stereocenters. The van der Waals surface area contributed by atoms with Gasteiger partial charge in [0.1, 0.15) is 18.5 Å². The summed E-state index contributed by atoms with van der Waals surface area (Å²) in [6.07, 6.45) is -0.00690. The number of ether oxygens (including phenoxy) is 3. The highest BCUT2D eigenvalue weighted by Crippen LogP contribution is 2.23. The van der Waals surface area contributed by atoms with Crippen molar-refractivity contribution in [3.05, 3.63) is 24.3 Å². The Morgan fingerprint density at radius 3 is 2.62 bits per heavy atom. The van der Waals surface area contributed by atoms with Gasteiger partial charge in [0.15, 0.2) is 5.79 Å². The Balaban J connectivity index is 1.82. The van der Waals surface area contributed by atoms with Crippen LogP contribution in [-0.2, 0) is 9.47 Å². The van der Waals surface area contributed by atoms with Crippen molar-refractivity contribution in [1.29, 1.82) is 0 Å². The van der Waals surface area contributed by atoms with E-state index in [1.54, 1.807) is 0 Å². The predicted octanol–water partition coefficient (Wildman–Crippen LogP) is 1.80. The van der Waals surface area contributed by atoms with Crippen LogP contribution in [0, 0.1) is 0 Å². The van der Waals surface area contributed by atoms with E-state index >= 15 is 0 Å². The molecular formula is C12H17NO3. The molecule has 0 bridgehead atoms. The summed E-state index contributed by atoms with van der Waals surface area (Å²) in [7, 11) is 0. The van der Waals surface area contributed by atoms with Crippen molar-refractivity contribution >= 4 is 5.69 Å². The zero-order chi connectivity index (χ0) is 11.6. The molecule has 0 amide bonds. The van der Waals surface area contributed by atoms with Gasteiger partial charge in [0.2, 0.25) is 0 Å². The minimum Gasteiger partial charge on any atom is -0.491 e. The molecule has 1 saturated heterocycles. The molecule has 1 aromatic rings. The smallest absolute Gasteiger partial charge is 0.163 e. The zero-order valence-electron chi connectivity index (χ0n) is 9.60. The highest BCUT2D eigenvalue weighted by Gasteiger charge is 2.32. The molecule has 1 unspecified atom stereocenters. The number of rotatable bonds is 3. The van der Waals surface area contributed by atoms with Gasteiger partial charge in [0.25, 0.3) is 0 Å². The second-order valence-corrected chi connectivity index (χ2v) is 4.33. The molecule has 0 aromatic heterocycles. The van der Waals surface area contributed by atoms with E-state index in [9.17, 15) is 0 Å². The van der Waals surface area contributed by atoms with Gasteiger partial charge < -0.3 is 19.9 Å². The predicted molar refractivity (Wildman–Crippen MR) is 61.3 cm³/mol. The lowest BCUT2D eigenvalue weighted by Gasteiger charge is -2.17. The maximum Gasteiger partial charge on any atom is 0.163 e. The quantitative estimate of drug-likeness (QED) is 0.794. The standard InChI is InChI=1S/C12H17NO3/c1-12(2)15-8-11(16-12)7-14-10-5-3-9(13)4-6-10/h3-6,11H,7-8,13H2,1-2H3. The van der Waals surface area contributed by atoms with Crippen molar-refractivity contribution in [2.24, 2.45) is 0 Å². The Labute approximate surface area is 95.3 Å². The average Bonchev–Trinajstić information content (AvgIpc) is 2.58. The summed E-state index contributed by atoms with van der Waals surface area (Å²) in [5, 5.41) is 0. The van der Waals surface area contributed by atoms with Gasteiger partial charge in [0, 0.05) is 5.69 Å². The van der Waals surface area contributed by atoms with E-state index in [2.05, 4.69) is 0 Å². The van der Waals surface area contributed by atoms with Gasteiger partial charge >= 0.3 is 0 Å². The molecule has 4 heteroatoms. The molecular weight excluding hydrogens is 206 g/mol. The third kappa shape index (κ3) is 2.87. The number of benzene rings is 1. The SMILES string of the molecule is CC1(C)OCC(COc2ccc(N)cc2)O1. The van der Waals surface area contributed by atoms with Crippen molar-refractivity contribution in [1.82, 2.24) is 0 Å². The Morgan fingerprint density at radius 1 is 1.38 bits per heavy atom. The Kier molecular flexibility index (Phi) is 3.03. The van der Waals surface area contributed by atoms with Gasteiger partial charge in [-0.05, 0) is 38.1 Å². The summed E-state index contributed by atoms with van der Waals surface area (Å²) in [4.78, 5) is 0. The first-order valence-electron chi connectivity index (χ1n) is 5.35. The minimum absolute atomic E-state index is 0.00690. The van der Waals surface area contributed by atoms with Gasteiger partial charge in [-0.25, -0.2) is 0 Å². The number of anilines is 1. The number of nitrogen functional groups attached to an aromatic ring is 1. The third-order valence-electron chi connectivity index (χ3n) is 2.38. The highest BCUT2D eigenvalue weighted by molar-refractivity contribution is 5.41. The molecule has 16 heavy (non-hydrogen) atoms. The molecule has 1 heterocycles. The number of hydrogen-bond donors (Lipinski definition) is 1. The molecule has 1 aliphatic rings.